The minimum atomic E-state index is -0.0904. The molecular formula is C17H20Cl2N4O2. The van der Waals surface area contributed by atoms with Crippen molar-refractivity contribution in [2.75, 3.05) is 20.2 Å². The number of hydrogen-bond donors (Lipinski definition) is 2. The number of guanidine groups is 1. The second-order valence-electron chi connectivity index (χ2n) is 5.64. The fourth-order valence-corrected chi connectivity index (χ4v) is 2.94. The van der Waals surface area contributed by atoms with Crippen LogP contribution in [0.5, 0.6) is 11.5 Å². The van der Waals surface area contributed by atoms with Crippen LogP contribution in [0, 0.1) is 0 Å². The van der Waals surface area contributed by atoms with E-state index in [0.29, 0.717) is 35.8 Å². The predicted octanol–water partition coefficient (Wildman–Crippen LogP) is 2.84. The van der Waals surface area contributed by atoms with E-state index in [1.165, 1.54) is 0 Å². The first-order valence-electron chi connectivity index (χ1n) is 7.91. The average molecular weight is 383 g/mol. The van der Waals surface area contributed by atoms with Crippen LogP contribution < -0.4 is 20.1 Å². The molecule has 0 saturated heterocycles. The third kappa shape index (κ3) is 4.14. The van der Waals surface area contributed by atoms with Gasteiger partial charge in [-0.15, -0.1) is 0 Å². The fraction of sp³-hybridized carbons (Fsp3) is 0.353. The third-order valence-electron chi connectivity index (χ3n) is 3.94. The van der Waals surface area contributed by atoms with E-state index in [2.05, 4.69) is 15.6 Å². The number of nitrogens with zero attached hydrogens (tertiary/aromatic N) is 2. The molecule has 1 aromatic heterocycles. The molecule has 0 spiro atoms. The van der Waals surface area contributed by atoms with E-state index in [4.69, 9.17) is 32.7 Å². The Morgan fingerprint density at radius 1 is 1.28 bits per heavy atom. The van der Waals surface area contributed by atoms with Gasteiger partial charge in [0.25, 0.3) is 0 Å². The molecule has 1 aliphatic heterocycles. The number of ether oxygens (including phenoxy) is 2. The van der Waals surface area contributed by atoms with Crippen molar-refractivity contribution in [1.29, 1.82) is 0 Å². The molecule has 2 heterocycles. The molecule has 2 aromatic rings. The van der Waals surface area contributed by atoms with Gasteiger partial charge in [0.2, 0.25) is 0 Å². The third-order valence-corrected chi connectivity index (χ3v) is 4.78. The summed E-state index contributed by atoms with van der Waals surface area (Å²) in [6.45, 7) is 1.61. The van der Waals surface area contributed by atoms with Crippen LogP contribution in [0.2, 0.25) is 10.2 Å². The summed E-state index contributed by atoms with van der Waals surface area (Å²) in [5.41, 5.74) is 0.962. The van der Waals surface area contributed by atoms with E-state index in [-0.39, 0.29) is 6.10 Å². The Balaban J connectivity index is 1.51. The number of hydrogen-bond acceptors (Lipinski definition) is 3. The lowest BCUT2D eigenvalue weighted by Crippen LogP contribution is -2.45. The monoisotopic (exact) mass is 382 g/mol. The van der Waals surface area contributed by atoms with E-state index in [1.807, 2.05) is 41.9 Å². The Labute approximate surface area is 156 Å². The van der Waals surface area contributed by atoms with Crippen LogP contribution in [-0.4, -0.2) is 36.8 Å². The lowest BCUT2D eigenvalue weighted by Gasteiger charge is -2.27. The van der Waals surface area contributed by atoms with E-state index >= 15 is 0 Å². The molecule has 0 amide bonds. The van der Waals surface area contributed by atoms with Crippen LogP contribution in [0.4, 0.5) is 0 Å². The maximum Gasteiger partial charge on any atom is 0.191 e. The van der Waals surface area contributed by atoms with Crippen molar-refractivity contribution in [2.45, 2.75) is 12.6 Å². The quantitative estimate of drug-likeness (QED) is 0.630. The number of halogens is 2. The standard InChI is InChI=1S/C17H20Cl2N4O2/c1-20-17(21-8-11-7-13(18)16(19)23(11)2)22-9-12-10-24-14-5-3-4-6-15(14)25-12/h3-7,12H,8-10H2,1-2H3,(H2,20,21,22). The summed E-state index contributed by atoms with van der Waals surface area (Å²) in [6.07, 6.45) is -0.0904. The van der Waals surface area contributed by atoms with Gasteiger partial charge in [-0.25, -0.2) is 0 Å². The molecule has 0 saturated carbocycles. The zero-order valence-corrected chi connectivity index (χ0v) is 15.6. The summed E-state index contributed by atoms with van der Waals surface area (Å²) < 4.78 is 13.5. The first kappa shape index (κ1) is 17.8. The summed E-state index contributed by atoms with van der Waals surface area (Å²) in [4.78, 5) is 4.21. The summed E-state index contributed by atoms with van der Waals surface area (Å²) in [6, 6.07) is 9.48. The molecule has 1 aromatic carbocycles. The molecule has 25 heavy (non-hydrogen) atoms. The van der Waals surface area contributed by atoms with Gasteiger partial charge in [0.15, 0.2) is 17.5 Å². The molecule has 0 aliphatic carbocycles. The Bertz CT molecular complexity index is 776. The largest absolute Gasteiger partial charge is 0.486 e. The van der Waals surface area contributed by atoms with Crippen molar-refractivity contribution in [3.63, 3.8) is 0 Å². The van der Waals surface area contributed by atoms with Gasteiger partial charge < -0.3 is 24.7 Å². The number of para-hydroxylation sites is 2. The van der Waals surface area contributed by atoms with Crippen molar-refractivity contribution >= 4 is 29.2 Å². The van der Waals surface area contributed by atoms with Gasteiger partial charge in [-0.2, -0.15) is 0 Å². The Morgan fingerprint density at radius 2 is 2.04 bits per heavy atom. The average Bonchev–Trinajstić information content (AvgIpc) is 2.88. The molecule has 0 fully saturated rings. The molecular weight excluding hydrogens is 363 g/mol. The smallest absolute Gasteiger partial charge is 0.191 e. The van der Waals surface area contributed by atoms with Crippen molar-refractivity contribution in [3.8, 4) is 11.5 Å². The highest BCUT2D eigenvalue weighted by Gasteiger charge is 2.20. The van der Waals surface area contributed by atoms with Crippen molar-refractivity contribution in [2.24, 2.45) is 12.0 Å². The van der Waals surface area contributed by atoms with E-state index in [0.717, 1.165) is 17.2 Å². The normalized spacial score (nSPS) is 16.6. The first-order valence-corrected chi connectivity index (χ1v) is 8.66. The highest BCUT2D eigenvalue weighted by Crippen LogP contribution is 2.30. The Morgan fingerprint density at radius 3 is 2.72 bits per heavy atom. The molecule has 3 rings (SSSR count). The fourth-order valence-electron chi connectivity index (χ4n) is 2.53. The highest BCUT2D eigenvalue weighted by molar-refractivity contribution is 6.41. The van der Waals surface area contributed by atoms with E-state index in [1.54, 1.807) is 7.05 Å². The Hall–Kier alpha value is -2.05. The van der Waals surface area contributed by atoms with Crippen LogP contribution in [0.3, 0.4) is 0 Å². The molecule has 0 radical (unpaired) electrons. The number of aliphatic imine (C=N–C) groups is 1. The van der Waals surface area contributed by atoms with Crippen molar-refractivity contribution < 1.29 is 9.47 Å². The molecule has 1 unspecified atom stereocenters. The maximum atomic E-state index is 6.08. The molecule has 8 heteroatoms. The van der Waals surface area contributed by atoms with Gasteiger partial charge in [-0.05, 0) is 18.2 Å². The number of fused-ring (bicyclic) bond motifs is 1. The van der Waals surface area contributed by atoms with Gasteiger partial charge in [0, 0.05) is 19.8 Å². The first-order chi connectivity index (χ1) is 12.1. The number of rotatable bonds is 4. The summed E-state index contributed by atoms with van der Waals surface area (Å²) in [5, 5.41) is 7.53. The lowest BCUT2D eigenvalue weighted by atomic mass is 10.2. The van der Waals surface area contributed by atoms with Gasteiger partial charge in [-0.3, -0.25) is 4.99 Å². The topological polar surface area (TPSA) is 59.8 Å². The van der Waals surface area contributed by atoms with Gasteiger partial charge in [0.1, 0.15) is 17.9 Å². The number of benzene rings is 1. The minimum Gasteiger partial charge on any atom is -0.486 e. The lowest BCUT2D eigenvalue weighted by molar-refractivity contribution is 0.0936. The van der Waals surface area contributed by atoms with Crippen molar-refractivity contribution in [3.05, 3.63) is 46.2 Å². The van der Waals surface area contributed by atoms with Gasteiger partial charge in [-0.1, -0.05) is 35.3 Å². The van der Waals surface area contributed by atoms with E-state index in [9.17, 15) is 0 Å². The highest BCUT2D eigenvalue weighted by atomic mass is 35.5. The molecule has 6 nitrogen and oxygen atoms in total. The van der Waals surface area contributed by atoms with Crippen LogP contribution >= 0.6 is 23.2 Å². The maximum absolute atomic E-state index is 6.08. The number of nitrogens with one attached hydrogen (secondary N) is 2. The second-order valence-corrected chi connectivity index (χ2v) is 6.40. The zero-order valence-electron chi connectivity index (χ0n) is 14.1. The summed E-state index contributed by atoms with van der Waals surface area (Å²) in [7, 11) is 3.58. The van der Waals surface area contributed by atoms with Crippen LogP contribution in [0.1, 0.15) is 5.69 Å². The van der Waals surface area contributed by atoms with Crippen molar-refractivity contribution in [1.82, 2.24) is 15.2 Å². The van der Waals surface area contributed by atoms with Crippen LogP contribution in [-0.2, 0) is 13.6 Å². The second kappa shape index (κ2) is 7.89. The van der Waals surface area contributed by atoms with Crippen LogP contribution in [0.25, 0.3) is 0 Å². The van der Waals surface area contributed by atoms with E-state index < -0.39 is 0 Å². The zero-order chi connectivity index (χ0) is 17.8. The SMILES string of the molecule is CN=C(NCc1cc(Cl)c(Cl)n1C)NCC1COc2ccccc2O1. The minimum absolute atomic E-state index is 0.0904. The molecule has 1 aliphatic rings. The van der Waals surface area contributed by atoms with Gasteiger partial charge >= 0.3 is 0 Å². The summed E-state index contributed by atoms with van der Waals surface area (Å²) in [5.74, 6) is 2.20. The molecule has 134 valence electrons. The van der Waals surface area contributed by atoms with Crippen LogP contribution in [0.15, 0.2) is 35.3 Å². The summed E-state index contributed by atoms with van der Waals surface area (Å²) >= 11 is 12.1. The molecule has 0 bridgehead atoms. The molecule has 2 N–H and O–H groups in total. The Kier molecular flexibility index (Phi) is 5.60. The predicted molar refractivity (Wildman–Crippen MR) is 100.0 cm³/mol. The molecule has 1 atom stereocenters. The number of aromatic nitrogens is 1. The van der Waals surface area contributed by atoms with Gasteiger partial charge in [0.05, 0.1) is 18.1 Å².